The summed E-state index contributed by atoms with van der Waals surface area (Å²) in [4.78, 5) is 34.8. The Hall–Kier alpha value is -3.11. The number of hydrogen-bond donors (Lipinski definition) is 2. The predicted molar refractivity (Wildman–Crippen MR) is 237 cm³/mol. The number of phosphoric ester groups is 1. The van der Waals surface area contributed by atoms with Crippen molar-refractivity contribution in [2.24, 2.45) is 5.73 Å². The van der Waals surface area contributed by atoms with E-state index in [1.54, 1.807) is 0 Å². The Kier molecular flexibility index (Phi) is 34.8. The van der Waals surface area contributed by atoms with Gasteiger partial charge >= 0.3 is 19.8 Å². The van der Waals surface area contributed by atoms with E-state index in [4.69, 9.17) is 29.0 Å². The molecular weight excluding hydrogens is 753 g/mol. The molecule has 0 bridgehead atoms. The number of phosphoric acid groups is 1. The fraction of sp³-hybridized carbons (Fsp3) is 0.617. The molecule has 328 valence electrons. The van der Waals surface area contributed by atoms with Gasteiger partial charge in [0.05, 0.1) is 25.4 Å². The topological polar surface area (TPSA) is 147 Å². The Labute approximate surface area is 351 Å². The van der Waals surface area contributed by atoms with Gasteiger partial charge in [0.25, 0.3) is 0 Å². The minimum Gasteiger partial charge on any atom is -0.462 e. The van der Waals surface area contributed by atoms with Gasteiger partial charge in [-0.2, -0.15) is 0 Å². The molecule has 1 rings (SSSR count). The summed E-state index contributed by atoms with van der Waals surface area (Å²) in [6, 6.07) is 0. The van der Waals surface area contributed by atoms with E-state index in [0.717, 1.165) is 51.4 Å². The van der Waals surface area contributed by atoms with Gasteiger partial charge in [-0.1, -0.05) is 137 Å². The first-order valence-corrected chi connectivity index (χ1v) is 23.3. The number of unbranched alkanes of at least 4 members (excludes halogenated alkanes) is 7. The van der Waals surface area contributed by atoms with Crippen LogP contribution in [0.4, 0.5) is 0 Å². The molecule has 0 aromatic carbocycles. The highest BCUT2D eigenvalue weighted by molar-refractivity contribution is 7.47. The van der Waals surface area contributed by atoms with Crippen molar-refractivity contribution in [2.75, 3.05) is 26.4 Å². The van der Waals surface area contributed by atoms with Crippen molar-refractivity contribution in [1.29, 1.82) is 0 Å². The highest BCUT2D eigenvalue weighted by atomic mass is 31.2. The van der Waals surface area contributed by atoms with E-state index in [1.165, 1.54) is 44.9 Å². The van der Waals surface area contributed by atoms with Gasteiger partial charge in [0.15, 0.2) is 6.10 Å². The van der Waals surface area contributed by atoms with Crippen molar-refractivity contribution in [3.63, 3.8) is 0 Å². The molecule has 0 aliphatic carbocycles. The molecule has 58 heavy (non-hydrogen) atoms. The molecule has 0 amide bonds. The molecule has 1 heterocycles. The van der Waals surface area contributed by atoms with Crippen molar-refractivity contribution >= 4 is 19.8 Å². The van der Waals surface area contributed by atoms with Crippen LogP contribution in [0.3, 0.4) is 0 Å². The van der Waals surface area contributed by atoms with Gasteiger partial charge in [0.1, 0.15) is 6.61 Å². The third-order valence-electron chi connectivity index (χ3n) is 8.86. The first-order chi connectivity index (χ1) is 28.3. The molecule has 0 aromatic heterocycles. The second kappa shape index (κ2) is 38.1. The zero-order chi connectivity index (χ0) is 42.2. The Morgan fingerprint density at radius 2 is 1.07 bits per heavy atom. The molecule has 0 spiro atoms. The van der Waals surface area contributed by atoms with Crippen LogP contribution >= 0.6 is 7.82 Å². The molecule has 1 aliphatic heterocycles. The molecule has 0 saturated carbocycles. The van der Waals surface area contributed by atoms with E-state index < -0.39 is 32.5 Å². The van der Waals surface area contributed by atoms with E-state index in [0.29, 0.717) is 31.5 Å². The lowest BCUT2D eigenvalue weighted by molar-refractivity contribution is -0.161. The van der Waals surface area contributed by atoms with Gasteiger partial charge in [-0.05, 0) is 89.9 Å². The summed E-state index contributed by atoms with van der Waals surface area (Å²) in [6.07, 6.45) is 52.0. The average molecular weight is 830 g/mol. The van der Waals surface area contributed by atoms with Crippen LogP contribution < -0.4 is 5.73 Å². The highest BCUT2D eigenvalue weighted by Gasteiger charge is 2.36. The molecule has 11 heteroatoms. The molecule has 1 fully saturated rings. The maximum atomic E-state index is 12.6. The summed E-state index contributed by atoms with van der Waals surface area (Å²) in [6.45, 7) is 3.49. The molecule has 4 atom stereocenters. The maximum absolute atomic E-state index is 12.6. The van der Waals surface area contributed by atoms with Gasteiger partial charge < -0.3 is 24.8 Å². The van der Waals surface area contributed by atoms with E-state index in [-0.39, 0.29) is 32.6 Å². The smallest absolute Gasteiger partial charge is 0.462 e. The first-order valence-electron chi connectivity index (χ1n) is 21.8. The molecule has 3 unspecified atom stereocenters. The lowest BCUT2D eigenvalue weighted by Crippen LogP contribution is -2.29. The number of hydrogen-bond acceptors (Lipinski definition) is 9. The molecule has 1 saturated heterocycles. The molecule has 1 aliphatic rings. The standard InChI is InChI=1S/C47H76NO9P/c1-3-5-7-9-11-12-13-14-15-16-17-18-19-20-21-22-25-30-34-38-47(50)56-43(42-55-58(51,52)54-40-39-48)41-53-46(49)37-33-29-26-23-24-28-32-36-45-44(57-45)35-31-27-10-8-6-4-2/h11-12,14-15,17-18,20-21,23,25-28,30-32,43-45H,3-10,13,16,19,22,24,29,33-42,48H2,1-2H3,(H,51,52)/b12-11-,15-14-,18-17-,21-20-,26-23-,30-25-,31-27-,32-28-/t43-,44?,45?/m1/s1. The average Bonchev–Trinajstić information content (AvgIpc) is 3.97. The molecule has 10 nitrogen and oxygen atoms in total. The number of carbonyl (C=O) groups excluding carboxylic acids is 2. The summed E-state index contributed by atoms with van der Waals surface area (Å²) >= 11 is 0. The van der Waals surface area contributed by atoms with Gasteiger partial charge in [0.2, 0.25) is 0 Å². The number of rotatable bonds is 38. The quantitative estimate of drug-likeness (QED) is 0.0203. The van der Waals surface area contributed by atoms with Crippen LogP contribution in [0.15, 0.2) is 97.2 Å². The van der Waals surface area contributed by atoms with Crippen LogP contribution in [0.5, 0.6) is 0 Å². The van der Waals surface area contributed by atoms with Crippen LogP contribution in [0.1, 0.15) is 142 Å². The van der Waals surface area contributed by atoms with Crippen molar-refractivity contribution in [3.8, 4) is 0 Å². The second-order valence-electron chi connectivity index (χ2n) is 14.2. The van der Waals surface area contributed by atoms with Crippen molar-refractivity contribution in [1.82, 2.24) is 0 Å². The Bertz CT molecular complexity index is 1330. The van der Waals surface area contributed by atoms with E-state index >= 15 is 0 Å². The monoisotopic (exact) mass is 830 g/mol. The number of nitrogens with two attached hydrogens (primary N) is 1. The summed E-state index contributed by atoms with van der Waals surface area (Å²) in [5.74, 6) is -1.01. The van der Waals surface area contributed by atoms with Crippen molar-refractivity contribution in [3.05, 3.63) is 97.2 Å². The maximum Gasteiger partial charge on any atom is 0.472 e. The van der Waals surface area contributed by atoms with Gasteiger partial charge in [-0.25, -0.2) is 4.57 Å². The number of ether oxygens (including phenoxy) is 3. The number of allylic oxidation sites excluding steroid dienone is 14. The van der Waals surface area contributed by atoms with Crippen molar-refractivity contribution in [2.45, 2.75) is 161 Å². The highest BCUT2D eigenvalue weighted by Crippen LogP contribution is 2.43. The van der Waals surface area contributed by atoms with Crippen molar-refractivity contribution < 1.29 is 42.3 Å². The minimum absolute atomic E-state index is 0.0273. The van der Waals surface area contributed by atoms with Gasteiger partial charge in [-0.15, -0.1) is 0 Å². The lowest BCUT2D eigenvalue weighted by atomic mass is 10.1. The third-order valence-corrected chi connectivity index (χ3v) is 9.84. The van der Waals surface area contributed by atoms with E-state index in [1.807, 2.05) is 18.2 Å². The Morgan fingerprint density at radius 3 is 1.60 bits per heavy atom. The van der Waals surface area contributed by atoms with Gasteiger partial charge in [0, 0.05) is 19.4 Å². The third kappa shape index (κ3) is 34.9. The molecule has 0 aromatic rings. The van der Waals surface area contributed by atoms with E-state index in [2.05, 4.69) is 92.8 Å². The zero-order valence-electron chi connectivity index (χ0n) is 35.7. The van der Waals surface area contributed by atoms with Crippen LogP contribution in [0.25, 0.3) is 0 Å². The fourth-order valence-corrected chi connectivity index (χ4v) is 6.24. The normalized spacial score (nSPS) is 17.7. The first kappa shape index (κ1) is 52.9. The van der Waals surface area contributed by atoms with Crippen LogP contribution in [-0.2, 0) is 37.4 Å². The van der Waals surface area contributed by atoms with Crippen LogP contribution in [-0.4, -0.2) is 61.5 Å². The fourth-order valence-electron chi connectivity index (χ4n) is 5.47. The molecule has 3 N–H and O–H groups in total. The summed E-state index contributed by atoms with van der Waals surface area (Å²) in [7, 11) is -4.42. The summed E-state index contributed by atoms with van der Waals surface area (Å²) in [5, 5.41) is 0. The van der Waals surface area contributed by atoms with Gasteiger partial charge in [-0.3, -0.25) is 18.6 Å². The second-order valence-corrected chi connectivity index (χ2v) is 15.7. The summed E-state index contributed by atoms with van der Waals surface area (Å²) < 4.78 is 38.4. The minimum atomic E-state index is -4.42. The number of epoxide rings is 1. The SMILES string of the molecule is CCCCC/C=C\C/C=C\C/C=C\C/C=C\C/C=C\CCC(=O)O[C@H](COC(=O)CCC/C=C\C/C=C\CC1OC1C/C=C\CCCCC)COP(=O)(O)OCCN. The van der Waals surface area contributed by atoms with Crippen LogP contribution in [0, 0.1) is 0 Å². The lowest BCUT2D eigenvalue weighted by Gasteiger charge is -2.19. The molecular formula is C47H76NO9P. The zero-order valence-corrected chi connectivity index (χ0v) is 36.6. The predicted octanol–water partition coefficient (Wildman–Crippen LogP) is 11.6. The number of esters is 2. The van der Waals surface area contributed by atoms with Crippen LogP contribution in [0.2, 0.25) is 0 Å². The Balaban J connectivity index is 2.29. The van der Waals surface area contributed by atoms with E-state index in [9.17, 15) is 19.0 Å². The largest absolute Gasteiger partial charge is 0.472 e. The molecule has 0 radical (unpaired) electrons. The Morgan fingerprint density at radius 1 is 0.603 bits per heavy atom. The number of carbonyl (C=O) groups is 2. The summed E-state index contributed by atoms with van der Waals surface area (Å²) in [5.41, 5.74) is 5.34.